The molecule has 0 unspecified atom stereocenters. The molecule has 162 valence electrons. The van der Waals surface area contributed by atoms with Crippen molar-refractivity contribution < 1.29 is 14.4 Å². The summed E-state index contributed by atoms with van der Waals surface area (Å²) in [7, 11) is 0. The standard InChI is InChI=1S/C23H27N5O3/c1-4-23(21(30)26-22(31)27-23)17-7-5-16(6-8-17)20(29)28-10-9-18(13-28)25-19-15(3)11-14(2)12-24-19/h5-8,11-12,18H,4,9-10,13H2,1-3H3,(H,24,25)(H2,26,27,30,31)/t18-,23+/m0/s1. The minimum atomic E-state index is -1.08. The lowest BCUT2D eigenvalue weighted by Crippen LogP contribution is -2.43. The molecule has 31 heavy (non-hydrogen) atoms. The van der Waals surface area contributed by atoms with Gasteiger partial charge in [0.1, 0.15) is 11.4 Å². The third-order valence-electron chi connectivity index (χ3n) is 6.13. The van der Waals surface area contributed by atoms with Gasteiger partial charge >= 0.3 is 6.03 Å². The molecular formula is C23H27N5O3. The molecule has 2 fully saturated rings. The first-order chi connectivity index (χ1) is 14.8. The lowest BCUT2D eigenvalue weighted by molar-refractivity contribution is -0.124. The zero-order valence-electron chi connectivity index (χ0n) is 18.0. The van der Waals surface area contributed by atoms with E-state index >= 15 is 0 Å². The first kappa shape index (κ1) is 20.8. The summed E-state index contributed by atoms with van der Waals surface area (Å²) in [5.41, 5.74) is 2.35. The van der Waals surface area contributed by atoms with Crippen LogP contribution in [0.2, 0.25) is 0 Å². The molecular weight excluding hydrogens is 394 g/mol. The summed E-state index contributed by atoms with van der Waals surface area (Å²) in [4.78, 5) is 43.2. The van der Waals surface area contributed by atoms with Gasteiger partial charge in [-0.1, -0.05) is 25.1 Å². The predicted molar refractivity (Wildman–Crippen MR) is 117 cm³/mol. The van der Waals surface area contributed by atoms with Gasteiger partial charge in [-0.25, -0.2) is 9.78 Å². The number of nitrogens with zero attached hydrogens (tertiary/aromatic N) is 2. The monoisotopic (exact) mass is 421 g/mol. The minimum absolute atomic E-state index is 0.0464. The number of hydrogen-bond donors (Lipinski definition) is 3. The summed E-state index contributed by atoms with van der Waals surface area (Å²) in [6, 6.07) is 8.67. The highest BCUT2D eigenvalue weighted by atomic mass is 16.2. The van der Waals surface area contributed by atoms with E-state index in [1.807, 2.05) is 31.9 Å². The number of hydrogen-bond acceptors (Lipinski definition) is 5. The molecule has 8 nitrogen and oxygen atoms in total. The predicted octanol–water partition coefficient (Wildman–Crippen LogP) is 2.47. The van der Waals surface area contributed by atoms with Crippen LogP contribution in [0.15, 0.2) is 36.5 Å². The highest BCUT2D eigenvalue weighted by Crippen LogP contribution is 2.29. The molecule has 2 aliphatic rings. The van der Waals surface area contributed by atoms with Gasteiger partial charge in [0.2, 0.25) is 0 Å². The Bertz CT molecular complexity index is 1040. The van der Waals surface area contributed by atoms with Crippen molar-refractivity contribution in [3.05, 3.63) is 58.8 Å². The van der Waals surface area contributed by atoms with Crippen LogP contribution in [0.5, 0.6) is 0 Å². The van der Waals surface area contributed by atoms with Gasteiger partial charge in [0.15, 0.2) is 0 Å². The molecule has 0 aliphatic carbocycles. The Kier molecular flexibility index (Phi) is 5.39. The van der Waals surface area contributed by atoms with Gasteiger partial charge in [0.25, 0.3) is 11.8 Å². The SMILES string of the molecule is CC[C@]1(c2ccc(C(=O)N3CC[C@H](Nc4ncc(C)cc4C)C3)cc2)NC(=O)NC1=O. The molecule has 0 bridgehead atoms. The molecule has 1 aromatic carbocycles. The van der Waals surface area contributed by atoms with Crippen LogP contribution in [-0.2, 0) is 10.3 Å². The number of carbonyl (C=O) groups excluding carboxylic acids is 3. The lowest BCUT2D eigenvalue weighted by atomic mass is 9.87. The Labute approximate surface area is 181 Å². The van der Waals surface area contributed by atoms with E-state index in [1.165, 1.54) is 0 Å². The largest absolute Gasteiger partial charge is 0.365 e. The molecule has 2 saturated heterocycles. The van der Waals surface area contributed by atoms with Gasteiger partial charge in [-0.05, 0) is 55.5 Å². The molecule has 3 heterocycles. The van der Waals surface area contributed by atoms with Crippen LogP contribution >= 0.6 is 0 Å². The topological polar surface area (TPSA) is 103 Å². The number of nitrogens with one attached hydrogen (secondary N) is 3. The maximum absolute atomic E-state index is 13.0. The highest BCUT2D eigenvalue weighted by Gasteiger charge is 2.46. The molecule has 0 spiro atoms. The number of rotatable bonds is 5. The average Bonchev–Trinajstić information content (AvgIpc) is 3.33. The zero-order valence-corrected chi connectivity index (χ0v) is 18.0. The fourth-order valence-corrected chi connectivity index (χ4v) is 4.35. The van der Waals surface area contributed by atoms with Crippen molar-refractivity contribution in [2.45, 2.75) is 45.2 Å². The second-order valence-corrected chi connectivity index (χ2v) is 8.30. The zero-order chi connectivity index (χ0) is 22.2. The Morgan fingerprint density at radius 2 is 2.00 bits per heavy atom. The number of anilines is 1. The molecule has 2 aromatic rings. The number of urea groups is 1. The summed E-state index contributed by atoms with van der Waals surface area (Å²) in [6.07, 6.45) is 3.11. The molecule has 2 atom stereocenters. The normalized spacial score (nSPS) is 22.9. The number of aromatic nitrogens is 1. The van der Waals surface area contributed by atoms with Gasteiger partial charge in [0.05, 0.1) is 0 Å². The summed E-state index contributed by atoms with van der Waals surface area (Å²) in [6.45, 7) is 7.15. The Morgan fingerprint density at radius 1 is 1.26 bits per heavy atom. The molecule has 4 amide bonds. The van der Waals surface area contributed by atoms with Gasteiger partial charge in [-0.2, -0.15) is 0 Å². The lowest BCUT2D eigenvalue weighted by Gasteiger charge is -2.25. The smallest absolute Gasteiger partial charge is 0.322 e. The van der Waals surface area contributed by atoms with E-state index in [4.69, 9.17) is 0 Å². The van der Waals surface area contributed by atoms with Gasteiger partial charge in [-0.3, -0.25) is 14.9 Å². The van der Waals surface area contributed by atoms with Crippen molar-refractivity contribution in [3.8, 4) is 0 Å². The summed E-state index contributed by atoms with van der Waals surface area (Å²) in [5.74, 6) is 0.443. The number of imide groups is 1. The van der Waals surface area contributed by atoms with Crippen LogP contribution in [-0.4, -0.2) is 46.9 Å². The van der Waals surface area contributed by atoms with Gasteiger partial charge in [-0.15, -0.1) is 0 Å². The van der Waals surface area contributed by atoms with Crippen molar-refractivity contribution >= 4 is 23.7 Å². The first-order valence-electron chi connectivity index (χ1n) is 10.6. The second kappa shape index (κ2) is 8.02. The second-order valence-electron chi connectivity index (χ2n) is 8.30. The van der Waals surface area contributed by atoms with Crippen LogP contribution < -0.4 is 16.0 Å². The fourth-order valence-electron chi connectivity index (χ4n) is 4.35. The van der Waals surface area contributed by atoms with Gasteiger partial charge in [0, 0.05) is 30.9 Å². The van der Waals surface area contributed by atoms with Crippen LogP contribution in [0.3, 0.4) is 0 Å². The van der Waals surface area contributed by atoms with E-state index in [2.05, 4.69) is 27.0 Å². The quantitative estimate of drug-likeness (QED) is 0.644. The Balaban J connectivity index is 1.43. The Morgan fingerprint density at radius 3 is 2.61 bits per heavy atom. The van der Waals surface area contributed by atoms with Crippen molar-refractivity contribution in [3.63, 3.8) is 0 Å². The highest BCUT2D eigenvalue weighted by molar-refractivity contribution is 6.07. The van der Waals surface area contributed by atoms with Crippen LogP contribution in [0.1, 0.15) is 46.8 Å². The van der Waals surface area contributed by atoms with Gasteiger partial charge < -0.3 is 15.5 Å². The number of benzene rings is 1. The summed E-state index contributed by atoms with van der Waals surface area (Å²) < 4.78 is 0. The maximum Gasteiger partial charge on any atom is 0.322 e. The van der Waals surface area contributed by atoms with Crippen LogP contribution in [0.25, 0.3) is 0 Å². The van der Waals surface area contributed by atoms with E-state index in [-0.39, 0.29) is 17.9 Å². The molecule has 8 heteroatoms. The number of amides is 4. The molecule has 1 aromatic heterocycles. The molecule has 0 radical (unpaired) electrons. The molecule has 4 rings (SSSR count). The van der Waals surface area contributed by atoms with E-state index in [0.717, 1.165) is 23.4 Å². The van der Waals surface area contributed by atoms with E-state index in [9.17, 15) is 14.4 Å². The molecule has 2 aliphatic heterocycles. The summed E-state index contributed by atoms with van der Waals surface area (Å²) in [5, 5.41) is 8.46. The fraction of sp³-hybridized carbons (Fsp3) is 0.391. The van der Waals surface area contributed by atoms with Crippen molar-refractivity contribution in [2.75, 3.05) is 18.4 Å². The van der Waals surface area contributed by atoms with Crippen LogP contribution in [0.4, 0.5) is 10.6 Å². The first-order valence-corrected chi connectivity index (χ1v) is 10.6. The Hall–Kier alpha value is -3.42. The number of carbonyl (C=O) groups is 3. The number of pyridine rings is 1. The average molecular weight is 422 g/mol. The van der Waals surface area contributed by atoms with E-state index in [1.54, 1.807) is 24.3 Å². The molecule has 3 N–H and O–H groups in total. The van der Waals surface area contributed by atoms with E-state index in [0.29, 0.717) is 30.6 Å². The van der Waals surface area contributed by atoms with Crippen molar-refractivity contribution in [1.82, 2.24) is 20.5 Å². The minimum Gasteiger partial charge on any atom is -0.365 e. The van der Waals surface area contributed by atoms with Crippen molar-refractivity contribution in [1.29, 1.82) is 0 Å². The van der Waals surface area contributed by atoms with Crippen LogP contribution in [0, 0.1) is 13.8 Å². The van der Waals surface area contributed by atoms with Crippen molar-refractivity contribution in [2.24, 2.45) is 0 Å². The third kappa shape index (κ3) is 3.85. The number of likely N-dealkylation sites (tertiary alicyclic amines) is 1. The molecule has 0 saturated carbocycles. The third-order valence-corrected chi connectivity index (χ3v) is 6.13. The number of aryl methyl sites for hydroxylation is 2. The maximum atomic E-state index is 13.0. The summed E-state index contributed by atoms with van der Waals surface area (Å²) >= 11 is 0. The van der Waals surface area contributed by atoms with E-state index < -0.39 is 11.6 Å².